The monoisotopic (exact) mass is 261 g/mol. The van der Waals surface area contributed by atoms with E-state index in [1.54, 1.807) is 6.07 Å². The van der Waals surface area contributed by atoms with E-state index in [1.807, 2.05) is 24.8 Å². The molecular weight excluding hydrogens is 245 g/mol. The van der Waals surface area contributed by atoms with Crippen molar-refractivity contribution in [3.63, 3.8) is 0 Å². The van der Waals surface area contributed by atoms with E-state index in [2.05, 4.69) is 5.32 Å². The molecule has 19 heavy (non-hydrogen) atoms. The van der Waals surface area contributed by atoms with Crippen LogP contribution in [0, 0.1) is 17.1 Å². The molecule has 0 spiro atoms. The van der Waals surface area contributed by atoms with Crippen LogP contribution in [0.15, 0.2) is 18.2 Å². The summed E-state index contributed by atoms with van der Waals surface area (Å²) in [6.07, 6.45) is 0. The van der Waals surface area contributed by atoms with Gasteiger partial charge in [0.2, 0.25) is 5.91 Å². The Morgan fingerprint density at radius 2 is 2.21 bits per heavy atom. The summed E-state index contributed by atoms with van der Waals surface area (Å²) in [5, 5.41) is 11.7. The summed E-state index contributed by atoms with van der Waals surface area (Å²) in [7, 11) is 0. The first-order valence-corrected chi connectivity index (χ1v) is 6.16. The Bertz CT molecular complexity index is 548. The molecule has 1 fully saturated rings. The molecule has 1 aromatic rings. The smallest absolute Gasteiger partial charge is 0.240 e. The van der Waals surface area contributed by atoms with Crippen LogP contribution in [0.3, 0.4) is 0 Å². The largest absolute Gasteiger partial charge is 0.353 e. The third-order valence-electron chi connectivity index (χ3n) is 3.47. The molecule has 0 bridgehead atoms. The van der Waals surface area contributed by atoms with E-state index < -0.39 is 11.4 Å². The van der Waals surface area contributed by atoms with Crippen LogP contribution < -0.4 is 5.32 Å². The summed E-state index contributed by atoms with van der Waals surface area (Å²) in [5.74, 6) is -0.455. The number of halogens is 1. The van der Waals surface area contributed by atoms with Gasteiger partial charge in [-0.15, -0.1) is 0 Å². The van der Waals surface area contributed by atoms with Gasteiger partial charge in [0, 0.05) is 19.6 Å². The van der Waals surface area contributed by atoms with Gasteiger partial charge in [-0.25, -0.2) is 4.39 Å². The van der Waals surface area contributed by atoms with Gasteiger partial charge in [0.05, 0.1) is 17.2 Å². The Hall–Kier alpha value is -1.93. The summed E-state index contributed by atoms with van der Waals surface area (Å²) >= 11 is 0. The fourth-order valence-corrected chi connectivity index (χ4v) is 2.25. The lowest BCUT2D eigenvalue weighted by Gasteiger charge is -2.41. The molecule has 0 saturated carbocycles. The normalized spacial score (nSPS) is 18.7. The molecule has 1 aromatic carbocycles. The Morgan fingerprint density at radius 1 is 1.47 bits per heavy atom. The van der Waals surface area contributed by atoms with Crippen molar-refractivity contribution in [2.24, 2.45) is 0 Å². The highest BCUT2D eigenvalue weighted by Gasteiger charge is 2.37. The number of rotatable bonds is 2. The van der Waals surface area contributed by atoms with E-state index in [4.69, 9.17) is 5.26 Å². The number of piperazine rings is 1. The van der Waals surface area contributed by atoms with E-state index in [9.17, 15) is 9.18 Å². The molecule has 4 nitrogen and oxygen atoms in total. The van der Waals surface area contributed by atoms with Crippen molar-refractivity contribution in [3.8, 4) is 6.07 Å². The molecule has 1 N–H and O–H groups in total. The molecule has 1 heterocycles. The van der Waals surface area contributed by atoms with Crippen molar-refractivity contribution in [1.82, 2.24) is 10.2 Å². The van der Waals surface area contributed by atoms with Crippen LogP contribution in [-0.2, 0) is 11.3 Å². The molecule has 0 aliphatic carbocycles. The molecule has 1 aliphatic rings. The zero-order valence-corrected chi connectivity index (χ0v) is 11.0. The molecule has 1 amide bonds. The summed E-state index contributed by atoms with van der Waals surface area (Å²) in [4.78, 5) is 13.8. The van der Waals surface area contributed by atoms with Crippen LogP contribution in [0.1, 0.15) is 25.0 Å². The Morgan fingerprint density at radius 3 is 2.89 bits per heavy atom. The van der Waals surface area contributed by atoms with Gasteiger partial charge in [-0.3, -0.25) is 9.69 Å². The maximum absolute atomic E-state index is 13.4. The number of amides is 1. The number of benzene rings is 1. The number of carbonyl (C=O) groups excluding carboxylic acids is 1. The van der Waals surface area contributed by atoms with Gasteiger partial charge < -0.3 is 5.32 Å². The van der Waals surface area contributed by atoms with E-state index in [0.717, 1.165) is 0 Å². The number of carbonyl (C=O) groups is 1. The van der Waals surface area contributed by atoms with Crippen LogP contribution >= 0.6 is 0 Å². The number of nitrogens with zero attached hydrogens (tertiary/aromatic N) is 2. The lowest BCUT2D eigenvalue weighted by molar-refractivity contribution is -0.135. The van der Waals surface area contributed by atoms with Crippen LogP contribution in [0.4, 0.5) is 4.39 Å². The summed E-state index contributed by atoms with van der Waals surface area (Å²) in [6.45, 7) is 5.42. The third kappa shape index (κ3) is 2.74. The van der Waals surface area contributed by atoms with Crippen molar-refractivity contribution >= 4 is 5.91 Å². The molecule has 1 aliphatic heterocycles. The zero-order chi connectivity index (χ0) is 14.0. The van der Waals surface area contributed by atoms with E-state index in [-0.39, 0.29) is 5.91 Å². The number of hydrogen-bond acceptors (Lipinski definition) is 3. The maximum atomic E-state index is 13.4. The van der Waals surface area contributed by atoms with Crippen molar-refractivity contribution in [2.45, 2.75) is 25.9 Å². The fraction of sp³-hybridized carbons (Fsp3) is 0.429. The first-order valence-electron chi connectivity index (χ1n) is 6.16. The molecule has 1 saturated heterocycles. The molecular formula is C14H16FN3O. The summed E-state index contributed by atoms with van der Waals surface area (Å²) < 4.78 is 13.4. The lowest BCUT2D eigenvalue weighted by atomic mass is 9.97. The molecule has 0 unspecified atom stereocenters. The van der Waals surface area contributed by atoms with Gasteiger partial charge in [0.1, 0.15) is 5.82 Å². The number of nitriles is 1. The van der Waals surface area contributed by atoms with Gasteiger partial charge in [-0.1, -0.05) is 0 Å². The molecule has 100 valence electrons. The van der Waals surface area contributed by atoms with Gasteiger partial charge >= 0.3 is 0 Å². The van der Waals surface area contributed by atoms with Gasteiger partial charge in [0.25, 0.3) is 0 Å². The highest BCUT2D eigenvalue weighted by atomic mass is 19.1. The molecule has 0 radical (unpaired) electrons. The molecule has 5 heteroatoms. The molecule has 0 atom stereocenters. The second-order valence-corrected chi connectivity index (χ2v) is 5.20. The summed E-state index contributed by atoms with van der Waals surface area (Å²) in [6, 6.07) is 6.21. The highest BCUT2D eigenvalue weighted by molar-refractivity contribution is 5.86. The maximum Gasteiger partial charge on any atom is 0.240 e. The average molecular weight is 261 g/mol. The van der Waals surface area contributed by atoms with Crippen LogP contribution in [-0.4, -0.2) is 29.4 Å². The van der Waals surface area contributed by atoms with Gasteiger partial charge in [-0.2, -0.15) is 5.26 Å². The van der Waals surface area contributed by atoms with E-state index in [0.29, 0.717) is 30.8 Å². The Labute approximate surface area is 111 Å². The topological polar surface area (TPSA) is 56.1 Å². The molecule has 2 rings (SSSR count). The Kier molecular flexibility index (Phi) is 3.54. The predicted octanol–water partition coefficient (Wildman–Crippen LogP) is 1.41. The minimum absolute atomic E-state index is 0.0318. The van der Waals surface area contributed by atoms with E-state index in [1.165, 1.54) is 12.1 Å². The SMILES string of the molecule is CC1(C)C(=O)NCCN1Cc1cc(F)cc(C#N)c1. The Balaban J connectivity index is 2.23. The number of hydrogen-bond donors (Lipinski definition) is 1. The fourth-order valence-electron chi connectivity index (χ4n) is 2.25. The van der Waals surface area contributed by atoms with Crippen molar-refractivity contribution in [2.75, 3.05) is 13.1 Å². The van der Waals surface area contributed by atoms with Crippen LogP contribution in [0.25, 0.3) is 0 Å². The minimum atomic E-state index is -0.628. The average Bonchev–Trinajstić information content (AvgIpc) is 2.35. The lowest BCUT2D eigenvalue weighted by Crippen LogP contribution is -2.61. The standard InChI is InChI=1S/C14H16FN3O/c1-14(2)13(19)17-3-4-18(14)9-11-5-10(8-16)6-12(15)7-11/h5-7H,3-4,9H2,1-2H3,(H,17,19). The first kappa shape index (κ1) is 13.5. The minimum Gasteiger partial charge on any atom is -0.353 e. The van der Waals surface area contributed by atoms with E-state index >= 15 is 0 Å². The molecule has 0 aromatic heterocycles. The third-order valence-corrected chi connectivity index (χ3v) is 3.47. The second kappa shape index (κ2) is 4.98. The van der Waals surface area contributed by atoms with Gasteiger partial charge in [0.15, 0.2) is 0 Å². The van der Waals surface area contributed by atoms with Gasteiger partial charge in [-0.05, 0) is 37.6 Å². The quantitative estimate of drug-likeness (QED) is 0.875. The van der Waals surface area contributed by atoms with Crippen molar-refractivity contribution < 1.29 is 9.18 Å². The zero-order valence-electron chi connectivity index (χ0n) is 11.0. The first-order chi connectivity index (χ1) is 8.93. The second-order valence-electron chi connectivity index (χ2n) is 5.20. The van der Waals surface area contributed by atoms with Crippen LogP contribution in [0.5, 0.6) is 0 Å². The van der Waals surface area contributed by atoms with Crippen molar-refractivity contribution in [3.05, 3.63) is 35.1 Å². The predicted molar refractivity (Wildman–Crippen MR) is 68.6 cm³/mol. The summed E-state index contributed by atoms with van der Waals surface area (Å²) in [5.41, 5.74) is 0.380. The highest BCUT2D eigenvalue weighted by Crippen LogP contribution is 2.21. The van der Waals surface area contributed by atoms with Crippen LogP contribution in [0.2, 0.25) is 0 Å². The number of nitrogens with one attached hydrogen (secondary N) is 1. The van der Waals surface area contributed by atoms with Crippen molar-refractivity contribution in [1.29, 1.82) is 5.26 Å².